The van der Waals surface area contributed by atoms with Gasteiger partial charge in [-0.15, -0.1) is 0 Å². The molecule has 1 aliphatic heterocycles. The molecule has 6 nitrogen and oxygen atoms in total. The minimum Gasteiger partial charge on any atom is -0.463 e. The third-order valence-corrected chi connectivity index (χ3v) is 8.67. The topological polar surface area (TPSA) is 65.6 Å². The lowest BCUT2D eigenvalue weighted by molar-refractivity contribution is -0.139. The highest BCUT2D eigenvalue weighted by atomic mass is 35.5. The Kier molecular flexibility index (Phi) is 7.43. The van der Waals surface area contributed by atoms with E-state index in [0.717, 1.165) is 27.7 Å². The lowest BCUT2D eigenvalue weighted by Gasteiger charge is -2.24. The van der Waals surface area contributed by atoms with E-state index in [-0.39, 0.29) is 12.2 Å². The summed E-state index contributed by atoms with van der Waals surface area (Å²) < 4.78 is 9.63. The number of fused-ring (bicyclic) bond motifs is 2. The van der Waals surface area contributed by atoms with Crippen LogP contribution in [0.5, 0.6) is 0 Å². The minimum atomic E-state index is -0.646. The number of carbonyl (C=O) groups excluding carboxylic acids is 1. The predicted octanol–water partition coefficient (Wildman–Crippen LogP) is 6.11. The van der Waals surface area contributed by atoms with Crippen LogP contribution in [-0.4, -0.2) is 21.7 Å². The Morgan fingerprint density at radius 3 is 2.56 bits per heavy atom. The fourth-order valence-corrected chi connectivity index (χ4v) is 6.72. The molecule has 9 heteroatoms. The summed E-state index contributed by atoms with van der Waals surface area (Å²) in [6, 6.07) is 24.4. The standard InChI is InChI=1S/C32H25Cl2N3O3S/c1-3-40-31(39)28-19(2)35-32-37(29(28)20-9-5-4-6-10-20)30(38)27(41-32)17-24-15-21-11-7-8-12-26(21)36(24)18-22-13-14-23(33)16-25(22)34/h4-17,29H,3,18H2,1-2H3/b27-17+/t29-/m1/s1. The smallest absolute Gasteiger partial charge is 0.338 e. The lowest BCUT2D eigenvalue weighted by Crippen LogP contribution is -2.40. The fraction of sp³-hybridized carbons (Fsp3) is 0.156. The Labute approximate surface area is 250 Å². The zero-order chi connectivity index (χ0) is 28.7. The average molecular weight is 603 g/mol. The summed E-state index contributed by atoms with van der Waals surface area (Å²) in [6.45, 7) is 4.26. The number of carbonyl (C=O) groups is 1. The molecule has 1 atom stereocenters. The number of ether oxygens (including phenoxy) is 1. The summed E-state index contributed by atoms with van der Waals surface area (Å²) in [4.78, 5) is 32.4. The second-order valence-corrected chi connectivity index (χ2v) is 11.5. The largest absolute Gasteiger partial charge is 0.463 e. The van der Waals surface area contributed by atoms with E-state index in [4.69, 9.17) is 27.9 Å². The van der Waals surface area contributed by atoms with Gasteiger partial charge >= 0.3 is 5.97 Å². The van der Waals surface area contributed by atoms with E-state index in [0.29, 0.717) is 37.2 Å². The number of aromatic nitrogens is 2. The molecule has 0 saturated carbocycles. The van der Waals surface area contributed by atoms with Crippen molar-refractivity contribution in [2.24, 2.45) is 4.99 Å². The van der Waals surface area contributed by atoms with E-state index in [2.05, 4.69) is 15.6 Å². The van der Waals surface area contributed by atoms with Crippen LogP contribution in [-0.2, 0) is 16.1 Å². The highest BCUT2D eigenvalue weighted by Gasteiger charge is 2.33. The van der Waals surface area contributed by atoms with Crippen molar-refractivity contribution in [3.05, 3.63) is 137 Å². The van der Waals surface area contributed by atoms with Gasteiger partial charge in [-0.3, -0.25) is 9.36 Å². The molecule has 0 unspecified atom stereocenters. The van der Waals surface area contributed by atoms with Crippen LogP contribution in [0.15, 0.2) is 99.9 Å². The first-order valence-corrected chi connectivity index (χ1v) is 14.7. The molecule has 0 spiro atoms. The number of benzene rings is 3. The Morgan fingerprint density at radius 1 is 1.05 bits per heavy atom. The molecule has 0 aliphatic carbocycles. The molecule has 2 aromatic heterocycles. The van der Waals surface area contributed by atoms with Gasteiger partial charge in [-0.25, -0.2) is 9.79 Å². The Balaban J connectivity index is 1.54. The molecular formula is C32H25Cl2N3O3S. The number of hydrogen-bond acceptors (Lipinski definition) is 5. The van der Waals surface area contributed by atoms with Crippen molar-refractivity contribution >= 4 is 57.5 Å². The monoisotopic (exact) mass is 601 g/mol. The Hall–Kier alpha value is -3.91. The normalized spacial score (nSPS) is 15.2. The molecule has 41 heavy (non-hydrogen) atoms. The molecule has 0 amide bonds. The van der Waals surface area contributed by atoms with Crippen molar-refractivity contribution in [1.82, 2.24) is 9.13 Å². The summed E-state index contributed by atoms with van der Waals surface area (Å²) in [5.74, 6) is -0.475. The molecule has 0 fully saturated rings. The second kappa shape index (κ2) is 11.2. The van der Waals surface area contributed by atoms with Crippen LogP contribution < -0.4 is 14.9 Å². The summed E-state index contributed by atoms with van der Waals surface area (Å²) in [6.07, 6.45) is 1.89. The quantitative estimate of drug-likeness (QED) is 0.221. The van der Waals surface area contributed by atoms with Crippen LogP contribution in [0.1, 0.15) is 36.7 Å². The van der Waals surface area contributed by atoms with Gasteiger partial charge in [0, 0.05) is 33.2 Å². The zero-order valence-electron chi connectivity index (χ0n) is 22.3. The van der Waals surface area contributed by atoms with E-state index >= 15 is 0 Å². The van der Waals surface area contributed by atoms with Crippen molar-refractivity contribution in [3.8, 4) is 0 Å². The second-order valence-electron chi connectivity index (χ2n) is 9.66. The zero-order valence-corrected chi connectivity index (χ0v) is 24.6. The van der Waals surface area contributed by atoms with Crippen molar-refractivity contribution in [3.63, 3.8) is 0 Å². The summed E-state index contributed by atoms with van der Waals surface area (Å²) in [5, 5.41) is 2.19. The third-order valence-electron chi connectivity index (χ3n) is 7.10. The molecular weight excluding hydrogens is 577 g/mol. The van der Waals surface area contributed by atoms with Crippen LogP contribution >= 0.6 is 34.5 Å². The highest BCUT2D eigenvalue weighted by molar-refractivity contribution is 7.07. The molecule has 3 aromatic carbocycles. The van der Waals surface area contributed by atoms with Gasteiger partial charge in [0.05, 0.1) is 28.5 Å². The molecule has 0 N–H and O–H groups in total. The number of rotatable bonds is 6. The molecule has 0 radical (unpaired) electrons. The van der Waals surface area contributed by atoms with Crippen molar-refractivity contribution in [2.75, 3.05) is 6.61 Å². The van der Waals surface area contributed by atoms with Gasteiger partial charge in [0.25, 0.3) is 5.56 Å². The molecule has 0 saturated heterocycles. The fourth-order valence-electron chi connectivity index (χ4n) is 5.22. The van der Waals surface area contributed by atoms with Gasteiger partial charge in [-0.2, -0.15) is 0 Å². The van der Waals surface area contributed by atoms with E-state index in [9.17, 15) is 9.59 Å². The van der Waals surface area contributed by atoms with Crippen molar-refractivity contribution in [1.29, 1.82) is 0 Å². The van der Waals surface area contributed by atoms with Crippen molar-refractivity contribution < 1.29 is 9.53 Å². The number of hydrogen-bond donors (Lipinski definition) is 0. The van der Waals surface area contributed by atoms with E-state index in [1.165, 1.54) is 11.3 Å². The number of halogens is 2. The summed E-state index contributed by atoms with van der Waals surface area (Å²) >= 11 is 14.0. The van der Waals surface area contributed by atoms with Crippen molar-refractivity contribution in [2.45, 2.75) is 26.4 Å². The maximum atomic E-state index is 14.1. The third kappa shape index (κ3) is 5.05. The Bertz CT molecular complexity index is 2020. The maximum Gasteiger partial charge on any atom is 0.338 e. The number of esters is 1. The highest BCUT2D eigenvalue weighted by Crippen LogP contribution is 2.31. The van der Waals surface area contributed by atoms with Gasteiger partial charge in [-0.05, 0) is 55.3 Å². The molecule has 6 rings (SSSR count). The maximum absolute atomic E-state index is 14.1. The van der Waals surface area contributed by atoms with Gasteiger partial charge in [-0.1, -0.05) is 89.1 Å². The van der Waals surface area contributed by atoms with E-state index in [1.807, 2.05) is 72.8 Å². The average Bonchev–Trinajstić information content (AvgIpc) is 3.46. The van der Waals surface area contributed by atoms with E-state index in [1.54, 1.807) is 24.5 Å². The van der Waals surface area contributed by atoms with Crippen LogP contribution in [0.3, 0.4) is 0 Å². The van der Waals surface area contributed by atoms with Crippen LogP contribution in [0.4, 0.5) is 0 Å². The molecule has 0 bridgehead atoms. The number of nitrogens with zero attached hydrogens (tertiary/aromatic N) is 3. The molecule has 1 aliphatic rings. The summed E-state index contributed by atoms with van der Waals surface area (Å²) in [7, 11) is 0. The number of para-hydroxylation sites is 1. The number of allylic oxidation sites excluding steroid dienone is 1. The minimum absolute atomic E-state index is 0.224. The van der Waals surface area contributed by atoms with Crippen LogP contribution in [0.2, 0.25) is 10.0 Å². The van der Waals surface area contributed by atoms with Gasteiger partial charge in [0.15, 0.2) is 4.80 Å². The van der Waals surface area contributed by atoms with Gasteiger partial charge in [0.2, 0.25) is 0 Å². The van der Waals surface area contributed by atoms with Crippen LogP contribution in [0, 0.1) is 0 Å². The summed E-state index contributed by atoms with van der Waals surface area (Å²) in [5.41, 5.74) is 4.26. The van der Waals surface area contributed by atoms with Crippen LogP contribution in [0.25, 0.3) is 17.0 Å². The predicted molar refractivity (Wildman–Crippen MR) is 164 cm³/mol. The van der Waals surface area contributed by atoms with Gasteiger partial charge < -0.3 is 9.30 Å². The Morgan fingerprint density at radius 2 is 1.80 bits per heavy atom. The van der Waals surface area contributed by atoms with Gasteiger partial charge in [0.1, 0.15) is 0 Å². The SMILES string of the molecule is CCOC(=O)C1=C(C)N=c2s/c(=C/c3cc4ccccc4n3Cc3ccc(Cl)cc3Cl)c(=O)n2[C@@H]1c1ccccc1. The first-order valence-electron chi connectivity index (χ1n) is 13.1. The number of thiazole rings is 1. The lowest BCUT2D eigenvalue weighted by atomic mass is 9.96. The first-order chi connectivity index (χ1) is 19.9. The molecule has 206 valence electrons. The van der Waals surface area contributed by atoms with E-state index < -0.39 is 12.0 Å². The molecule has 5 aromatic rings. The molecule has 3 heterocycles. The first kappa shape index (κ1) is 27.3.